The number of ether oxygens (including phenoxy) is 2. The third-order valence-corrected chi connectivity index (χ3v) is 5.77. The van der Waals surface area contributed by atoms with Crippen LogP contribution in [0.3, 0.4) is 0 Å². The average molecular weight is 544 g/mol. The minimum Gasteiger partial charge on any atom is -0.436 e. The highest BCUT2D eigenvalue weighted by molar-refractivity contribution is 8.02. The molecular formula is C29H29N5O4S. The van der Waals surface area contributed by atoms with Crippen LogP contribution in [-0.2, 0) is 35.7 Å². The lowest BCUT2D eigenvalue weighted by atomic mass is 10.1. The maximum absolute atomic E-state index is 11.9. The fraction of sp³-hybridized carbons (Fsp3) is 0.207. The largest absolute Gasteiger partial charge is 0.436 e. The molecule has 1 heterocycles. The van der Waals surface area contributed by atoms with E-state index >= 15 is 0 Å². The molecule has 0 aromatic heterocycles. The van der Waals surface area contributed by atoms with Gasteiger partial charge in [0.15, 0.2) is 13.2 Å². The zero-order valence-corrected chi connectivity index (χ0v) is 22.1. The van der Waals surface area contributed by atoms with Crippen LogP contribution in [0.1, 0.15) is 22.3 Å². The van der Waals surface area contributed by atoms with Gasteiger partial charge in [-0.15, -0.1) is 0 Å². The molecule has 2 aromatic rings. The molecule has 0 spiro atoms. The summed E-state index contributed by atoms with van der Waals surface area (Å²) >= 11 is 1.15. The lowest BCUT2D eigenvalue weighted by Gasteiger charge is -2.06. The second-order valence-corrected chi connectivity index (χ2v) is 8.77. The first kappa shape index (κ1) is 29.1. The SMILES string of the molecule is NCc1cccc(CNC(=O)OCC#CC2=CC=CC(C#CCOC(=O)NCc3cccc(CN)c3)=NS2)c1. The Labute approximate surface area is 232 Å². The molecule has 0 radical (unpaired) electrons. The monoisotopic (exact) mass is 543 g/mol. The minimum absolute atomic E-state index is 0.0650. The Morgan fingerprint density at radius 2 is 1.36 bits per heavy atom. The molecule has 39 heavy (non-hydrogen) atoms. The maximum Gasteiger partial charge on any atom is 0.408 e. The van der Waals surface area contributed by atoms with Crippen molar-refractivity contribution in [2.75, 3.05) is 13.2 Å². The van der Waals surface area contributed by atoms with Crippen LogP contribution in [0.15, 0.2) is 76.1 Å². The van der Waals surface area contributed by atoms with Crippen molar-refractivity contribution in [2.24, 2.45) is 15.9 Å². The highest BCUT2D eigenvalue weighted by atomic mass is 32.2. The second-order valence-electron chi connectivity index (χ2n) is 7.97. The van der Waals surface area contributed by atoms with Crippen LogP contribution < -0.4 is 22.1 Å². The van der Waals surface area contributed by atoms with Gasteiger partial charge in [0.2, 0.25) is 0 Å². The minimum atomic E-state index is -0.564. The van der Waals surface area contributed by atoms with E-state index in [1.54, 1.807) is 18.2 Å². The van der Waals surface area contributed by atoms with Crippen LogP contribution >= 0.6 is 11.9 Å². The smallest absolute Gasteiger partial charge is 0.408 e. The van der Waals surface area contributed by atoms with Gasteiger partial charge in [0.1, 0.15) is 5.71 Å². The van der Waals surface area contributed by atoms with Crippen molar-refractivity contribution >= 4 is 29.8 Å². The van der Waals surface area contributed by atoms with Gasteiger partial charge >= 0.3 is 12.2 Å². The quantitative estimate of drug-likeness (QED) is 0.296. The van der Waals surface area contributed by atoms with Crippen LogP contribution in [0.2, 0.25) is 0 Å². The van der Waals surface area contributed by atoms with E-state index in [2.05, 4.69) is 38.7 Å². The van der Waals surface area contributed by atoms with E-state index in [0.717, 1.165) is 34.2 Å². The Morgan fingerprint density at radius 1 is 0.821 bits per heavy atom. The highest BCUT2D eigenvalue weighted by Crippen LogP contribution is 2.18. The van der Waals surface area contributed by atoms with E-state index in [0.29, 0.717) is 36.8 Å². The number of carbonyl (C=O) groups is 2. The van der Waals surface area contributed by atoms with Gasteiger partial charge in [-0.3, -0.25) is 0 Å². The molecule has 0 saturated heterocycles. The van der Waals surface area contributed by atoms with Crippen molar-refractivity contribution in [1.29, 1.82) is 0 Å². The van der Waals surface area contributed by atoms with E-state index in [1.807, 2.05) is 48.5 Å². The van der Waals surface area contributed by atoms with E-state index in [1.165, 1.54) is 0 Å². The molecule has 200 valence electrons. The lowest BCUT2D eigenvalue weighted by Crippen LogP contribution is -2.24. The number of nitrogens with one attached hydrogen (secondary N) is 2. The van der Waals surface area contributed by atoms with Crippen LogP contribution in [-0.4, -0.2) is 31.1 Å². The van der Waals surface area contributed by atoms with Crippen molar-refractivity contribution < 1.29 is 19.1 Å². The van der Waals surface area contributed by atoms with Gasteiger partial charge in [-0.2, -0.15) is 0 Å². The van der Waals surface area contributed by atoms with Crippen LogP contribution in [0, 0.1) is 23.7 Å². The molecule has 0 unspecified atom stereocenters. The molecule has 9 nitrogen and oxygen atoms in total. The van der Waals surface area contributed by atoms with Crippen molar-refractivity contribution in [1.82, 2.24) is 10.6 Å². The standard InChI is InChI=1S/C29H29N5O4S/c30-18-22-6-1-8-24(16-22)20-32-28(35)37-14-4-11-26-10-3-12-27(39-34-26)13-5-15-38-29(36)33-21-25-9-2-7-23(17-25)19-31/h1-3,6-10,12,16-17H,14-15,18-21,30-31H2,(H,32,35)(H,33,36). The van der Waals surface area contributed by atoms with Gasteiger partial charge in [0.25, 0.3) is 0 Å². The van der Waals surface area contributed by atoms with Crippen molar-refractivity contribution in [3.05, 3.63) is 93.9 Å². The summed E-state index contributed by atoms with van der Waals surface area (Å²) in [6.07, 6.45) is 4.15. The molecule has 0 fully saturated rings. The fourth-order valence-electron chi connectivity index (χ4n) is 3.15. The molecule has 0 saturated carbocycles. The number of nitrogens with zero attached hydrogens (tertiary/aromatic N) is 1. The zero-order valence-electron chi connectivity index (χ0n) is 21.2. The summed E-state index contributed by atoms with van der Waals surface area (Å²) in [5.41, 5.74) is 15.6. The van der Waals surface area contributed by atoms with Crippen molar-refractivity contribution in [3.63, 3.8) is 0 Å². The summed E-state index contributed by atoms with van der Waals surface area (Å²) in [4.78, 5) is 24.4. The number of hydrogen-bond acceptors (Lipinski definition) is 8. The van der Waals surface area contributed by atoms with Gasteiger partial charge < -0.3 is 31.6 Å². The Morgan fingerprint density at radius 3 is 1.92 bits per heavy atom. The predicted molar refractivity (Wildman–Crippen MR) is 153 cm³/mol. The number of hydrogen-bond donors (Lipinski definition) is 4. The third-order valence-electron chi connectivity index (χ3n) is 5.05. The third kappa shape index (κ3) is 11.2. The van der Waals surface area contributed by atoms with E-state index in [4.69, 9.17) is 20.9 Å². The Bertz CT molecular complexity index is 1380. The first-order valence-electron chi connectivity index (χ1n) is 12.0. The summed E-state index contributed by atoms with van der Waals surface area (Å²) < 4.78 is 14.5. The molecular weight excluding hydrogens is 514 g/mol. The number of allylic oxidation sites excluding steroid dienone is 4. The average Bonchev–Trinajstić information content (AvgIpc) is 3.20. The first-order valence-corrected chi connectivity index (χ1v) is 12.8. The summed E-state index contributed by atoms with van der Waals surface area (Å²) in [5, 5.41) is 5.35. The van der Waals surface area contributed by atoms with Gasteiger partial charge in [0.05, 0.1) is 4.91 Å². The van der Waals surface area contributed by atoms with Crippen LogP contribution in [0.4, 0.5) is 9.59 Å². The number of amides is 2. The van der Waals surface area contributed by atoms with Gasteiger partial charge in [0, 0.05) is 38.1 Å². The van der Waals surface area contributed by atoms with E-state index in [-0.39, 0.29) is 13.2 Å². The Kier molecular flexibility index (Phi) is 12.2. The zero-order chi connectivity index (χ0) is 27.7. The number of rotatable bonds is 8. The predicted octanol–water partition coefficient (Wildman–Crippen LogP) is 3.31. The molecule has 0 bridgehead atoms. The molecule has 1 aliphatic rings. The normalized spacial score (nSPS) is 11.8. The second kappa shape index (κ2) is 16.4. The van der Waals surface area contributed by atoms with E-state index in [9.17, 15) is 9.59 Å². The van der Waals surface area contributed by atoms with Gasteiger partial charge in [-0.05, 0) is 40.3 Å². The van der Waals surface area contributed by atoms with Crippen LogP contribution in [0.5, 0.6) is 0 Å². The van der Waals surface area contributed by atoms with Crippen molar-refractivity contribution in [3.8, 4) is 23.7 Å². The molecule has 2 aromatic carbocycles. The summed E-state index contributed by atoms with van der Waals surface area (Å²) in [6, 6.07) is 15.3. The molecule has 0 aliphatic carbocycles. The van der Waals surface area contributed by atoms with E-state index < -0.39 is 12.2 Å². The number of alkyl carbamates (subject to hydrolysis) is 2. The molecule has 6 N–H and O–H groups in total. The first-order chi connectivity index (χ1) is 19.1. The molecule has 10 heteroatoms. The molecule has 1 aliphatic heterocycles. The maximum atomic E-state index is 11.9. The highest BCUT2D eigenvalue weighted by Gasteiger charge is 2.03. The molecule has 2 amide bonds. The molecule has 0 atom stereocenters. The van der Waals surface area contributed by atoms with Gasteiger partial charge in [-0.25, -0.2) is 14.0 Å². The number of nitrogens with two attached hydrogens (primary N) is 2. The van der Waals surface area contributed by atoms with Gasteiger partial charge in [-0.1, -0.05) is 72.4 Å². The summed E-state index contributed by atoms with van der Waals surface area (Å²) in [6.45, 7) is 1.41. The fourth-order valence-corrected chi connectivity index (χ4v) is 3.71. The topological polar surface area (TPSA) is 141 Å². The van der Waals surface area contributed by atoms with Crippen LogP contribution in [0.25, 0.3) is 0 Å². The lowest BCUT2D eigenvalue weighted by molar-refractivity contribution is 0.158. The van der Waals surface area contributed by atoms with Crippen molar-refractivity contribution in [2.45, 2.75) is 26.2 Å². The Hall–Kier alpha value is -4.48. The number of benzene rings is 2. The Balaban J connectivity index is 1.34. The summed E-state index contributed by atoms with van der Waals surface area (Å²) in [5.74, 6) is 11.3. The molecule has 3 rings (SSSR count). The summed E-state index contributed by atoms with van der Waals surface area (Å²) in [7, 11) is 0. The number of carbonyl (C=O) groups excluding carboxylic acids is 2.